The molecule has 1 heterocycles. The van der Waals surface area contributed by atoms with E-state index >= 15 is 0 Å². The van der Waals surface area contributed by atoms with Crippen molar-refractivity contribution >= 4 is 11.6 Å². The first kappa shape index (κ1) is 12.9. The molecule has 0 aromatic heterocycles. The Balaban J connectivity index is 1.80. The smallest absolute Gasteiger partial charge is 0.255 e. The molecular weight excluding hydrogens is 248 g/mol. The van der Waals surface area contributed by atoms with Gasteiger partial charge in [-0.2, -0.15) is 0 Å². The van der Waals surface area contributed by atoms with Gasteiger partial charge in [-0.15, -0.1) is 0 Å². The van der Waals surface area contributed by atoms with Gasteiger partial charge in [0.15, 0.2) is 0 Å². The summed E-state index contributed by atoms with van der Waals surface area (Å²) in [6, 6.07) is 13.8. The molecule has 2 N–H and O–H groups in total. The van der Waals surface area contributed by atoms with Gasteiger partial charge in [-0.25, -0.2) is 0 Å². The van der Waals surface area contributed by atoms with Crippen LogP contribution in [0.25, 0.3) is 0 Å². The Labute approximate surface area is 119 Å². The molecule has 0 unspecified atom stereocenters. The van der Waals surface area contributed by atoms with Gasteiger partial charge in [-0.05, 0) is 60.8 Å². The van der Waals surface area contributed by atoms with E-state index in [-0.39, 0.29) is 5.91 Å². The van der Waals surface area contributed by atoms with E-state index in [9.17, 15) is 4.79 Å². The first-order chi connectivity index (χ1) is 9.72. The first-order valence-corrected chi connectivity index (χ1v) is 6.93. The monoisotopic (exact) mass is 266 g/mol. The summed E-state index contributed by atoms with van der Waals surface area (Å²) >= 11 is 0. The molecule has 0 atom stereocenters. The molecule has 3 nitrogen and oxygen atoms in total. The maximum atomic E-state index is 12.3. The second-order valence-corrected chi connectivity index (χ2v) is 5.23. The minimum Gasteiger partial charge on any atom is -0.322 e. The molecule has 2 aromatic carbocycles. The van der Waals surface area contributed by atoms with Crippen LogP contribution in [0.4, 0.5) is 5.69 Å². The lowest BCUT2D eigenvalue weighted by Gasteiger charge is -2.17. The van der Waals surface area contributed by atoms with Gasteiger partial charge in [0.1, 0.15) is 0 Å². The van der Waals surface area contributed by atoms with Crippen LogP contribution in [0.5, 0.6) is 0 Å². The molecular formula is C17H18N2O. The van der Waals surface area contributed by atoms with Crippen LogP contribution in [0.2, 0.25) is 0 Å². The van der Waals surface area contributed by atoms with Crippen molar-refractivity contribution in [3.05, 3.63) is 64.7 Å². The lowest BCUT2D eigenvalue weighted by atomic mass is 9.98. The molecule has 0 saturated heterocycles. The molecule has 3 heteroatoms. The summed E-state index contributed by atoms with van der Waals surface area (Å²) in [6.07, 6.45) is 0.987. The highest BCUT2D eigenvalue weighted by Gasteiger charge is 2.12. The van der Waals surface area contributed by atoms with Crippen LogP contribution in [-0.2, 0) is 13.0 Å². The molecule has 0 bridgehead atoms. The van der Waals surface area contributed by atoms with Crippen molar-refractivity contribution in [1.29, 1.82) is 0 Å². The van der Waals surface area contributed by atoms with Gasteiger partial charge < -0.3 is 10.6 Å². The van der Waals surface area contributed by atoms with Crippen molar-refractivity contribution in [2.45, 2.75) is 19.9 Å². The molecule has 0 radical (unpaired) electrons. The zero-order chi connectivity index (χ0) is 13.9. The van der Waals surface area contributed by atoms with Crippen molar-refractivity contribution in [2.24, 2.45) is 0 Å². The number of amides is 1. The molecule has 102 valence electrons. The highest BCUT2D eigenvalue weighted by Crippen LogP contribution is 2.17. The van der Waals surface area contributed by atoms with E-state index in [2.05, 4.69) is 10.6 Å². The number of nitrogens with one attached hydrogen (secondary N) is 2. The van der Waals surface area contributed by atoms with E-state index in [0.29, 0.717) is 0 Å². The summed E-state index contributed by atoms with van der Waals surface area (Å²) in [5.41, 5.74) is 5.28. The average Bonchev–Trinajstić information content (AvgIpc) is 2.47. The zero-order valence-electron chi connectivity index (χ0n) is 11.6. The fourth-order valence-electron chi connectivity index (χ4n) is 2.54. The number of benzene rings is 2. The predicted molar refractivity (Wildman–Crippen MR) is 81.0 cm³/mol. The minimum absolute atomic E-state index is 0.0445. The van der Waals surface area contributed by atoms with Crippen LogP contribution in [0, 0.1) is 6.92 Å². The maximum absolute atomic E-state index is 12.3. The summed E-state index contributed by atoms with van der Waals surface area (Å²) in [4.78, 5) is 12.3. The van der Waals surface area contributed by atoms with Gasteiger partial charge in [0.05, 0.1) is 0 Å². The Morgan fingerprint density at radius 1 is 1.15 bits per heavy atom. The summed E-state index contributed by atoms with van der Waals surface area (Å²) in [7, 11) is 0. The third kappa shape index (κ3) is 2.73. The number of rotatable bonds is 2. The molecule has 3 rings (SSSR count). The maximum Gasteiger partial charge on any atom is 0.255 e. The molecule has 0 saturated carbocycles. The van der Waals surface area contributed by atoms with Crippen molar-refractivity contribution in [1.82, 2.24) is 5.32 Å². The van der Waals surface area contributed by atoms with Crippen LogP contribution >= 0.6 is 0 Å². The Bertz CT molecular complexity index is 649. The fraction of sp³-hybridized carbons (Fsp3) is 0.235. The lowest BCUT2D eigenvalue weighted by Crippen LogP contribution is -2.24. The van der Waals surface area contributed by atoms with E-state index in [1.807, 2.05) is 49.4 Å². The Kier molecular flexibility index (Phi) is 3.52. The number of carbonyl (C=O) groups is 1. The third-order valence-corrected chi connectivity index (χ3v) is 3.63. The number of carbonyl (C=O) groups excluding carboxylic acids is 1. The van der Waals surface area contributed by atoms with Crippen molar-refractivity contribution in [3.8, 4) is 0 Å². The summed E-state index contributed by atoms with van der Waals surface area (Å²) in [5.74, 6) is -0.0445. The van der Waals surface area contributed by atoms with E-state index < -0.39 is 0 Å². The Morgan fingerprint density at radius 3 is 2.90 bits per heavy atom. The summed E-state index contributed by atoms with van der Waals surface area (Å²) in [5, 5.41) is 6.29. The first-order valence-electron chi connectivity index (χ1n) is 6.93. The normalized spacial score (nSPS) is 13.7. The van der Waals surface area contributed by atoms with Crippen LogP contribution in [0.1, 0.15) is 27.0 Å². The number of fused-ring (bicyclic) bond motifs is 1. The lowest BCUT2D eigenvalue weighted by molar-refractivity contribution is 0.102. The van der Waals surface area contributed by atoms with Crippen LogP contribution in [0.3, 0.4) is 0 Å². The van der Waals surface area contributed by atoms with Gasteiger partial charge in [0, 0.05) is 17.8 Å². The Hall–Kier alpha value is -2.13. The minimum atomic E-state index is -0.0445. The fourth-order valence-corrected chi connectivity index (χ4v) is 2.54. The second kappa shape index (κ2) is 5.47. The highest BCUT2D eigenvalue weighted by molar-refractivity contribution is 6.04. The molecule has 0 fully saturated rings. The number of hydrogen-bond acceptors (Lipinski definition) is 2. The van der Waals surface area contributed by atoms with Crippen molar-refractivity contribution < 1.29 is 4.79 Å². The average molecular weight is 266 g/mol. The third-order valence-electron chi connectivity index (χ3n) is 3.63. The molecule has 0 spiro atoms. The number of hydrogen-bond donors (Lipinski definition) is 2. The van der Waals surface area contributed by atoms with E-state index in [0.717, 1.165) is 36.3 Å². The van der Waals surface area contributed by atoms with E-state index in [4.69, 9.17) is 0 Å². The number of anilines is 1. The topological polar surface area (TPSA) is 41.1 Å². The van der Waals surface area contributed by atoms with Gasteiger partial charge in [-0.3, -0.25) is 4.79 Å². The molecule has 2 aromatic rings. The van der Waals surface area contributed by atoms with Crippen molar-refractivity contribution in [2.75, 3.05) is 11.9 Å². The molecule has 1 aliphatic rings. The summed E-state index contributed by atoms with van der Waals surface area (Å²) < 4.78 is 0. The SMILES string of the molecule is Cc1cccc(NC(=O)c2ccc3c(c2)CCNC3)c1. The largest absolute Gasteiger partial charge is 0.322 e. The quantitative estimate of drug-likeness (QED) is 0.877. The Morgan fingerprint density at radius 2 is 2.05 bits per heavy atom. The standard InChI is InChI=1S/C17H18N2O/c1-12-3-2-4-16(9-12)19-17(20)14-5-6-15-11-18-8-7-13(15)10-14/h2-6,9-10,18H,7-8,11H2,1H3,(H,19,20). The molecule has 1 amide bonds. The molecule has 1 aliphatic heterocycles. The number of aryl methyl sites for hydroxylation is 1. The van der Waals surface area contributed by atoms with Gasteiger partial charge >= 0.3 is 0 Å². The summed E-state index contributed by atoms with van der Waals surface area (Å²) in [6.45, 7) is 3.90. The van der Waals surface area contributed by atoms with Crippen LogP contribution in [0.15, 0.2) is 42.5 Å². The second-order valence-electron chi connectivity index (χ2n) is 5.23. The van der Waals surface area contributed by atoms with E-state index in [1.165, 1.54) is 11.1 Å². The molecule has 0 aliphatic carbocycles. The zero-order valence-corrected chi connectivity index (χ0v) is 11.6. The van der Waals surface area contributed by atoms with E-state index in [1.54, 1.807) is 0 Å². The predicted octanol–water partition coefficient (Wildman–Crippen LogP) is 2.89. The van der Waals surface area contributed by atoms with Gasteiger partial charge in [-0.1, -0.05) is 18.2 Å². The van der Waals surface area contributed by atoms with Crippen LogP contribution < -0.4 is 10.6 Å². The van der Waals surface area contributed by atoms with Gasteiger partial charge in [0.25, 0.3) is 5.91 Å². The van der Waals surface area contributed by atoms with Crippen LogP contribution in [-0.4, -0.2) is 12.5 Å². The van der Waals surface area contributed by atoms with Crippen molar-refractivity contribution in [3.63, 3.8) is 0 Å². The highest BCUT2D eigenvalue weighted by atomic mass is 16.1. The molecule has 20 heavy (non-hydrogen) atoms. The van der Waals surface area contributed by atoms with Gasteiger partial charge in [0.2, 0.25) is 0 Å².